The second-order valence-electron chi connectivity index (χ2n) is 4.45. The van der Waals surface area contributed by atoms with Crippen molar-refractivity contribution in [3.05, 3.63) is 46.3 Å². The number of para-hydroxylation sites is 1. The monoisotopic (exact) mass is 307 g/mol. The number of nitrogens with two attached hydrogens (primary N) is 1. The maximum atomic E-state index is 6.23. The first-order chi connectivity index (χ1) is 8.75. The summed E-state index contributed by atoms with van der Waals surface area (Å²) < 4.78 is 12.1. The highest BCUT2D eigenvalue weighted by Crippen LogP contribution is 2.32. The molecule has 0 saturated carbocycles. The fourth-order valence-electron chi connectivity index (χ4n) is 2.20. The molecule has 0 aliphatic carbocycles. The molecule has 1 unspecified atom stereocenters. The molecule has 1 aromatic carbocycles. The average Bonchev–Trinajstić information content (AvgIpc) is 2.84. The van der Waals surface area contributed by atoms with Crippen LogP contribution in [0.2, 0.25) is 0 Å². The molecule has 2 heterocycles. The Balaban J connectivity index is 1.99. The summed E-state index contributed by atoms with van der Waals surface area (Å²) in [6.45, 7) is 0.780. The van der Waals surface area contributed by atoms with E-state index in [0.717, 1.165) is 46.2 Å². The highest BCUT2D eigenvalue weighted by Gasteiger charge is 2.19. The van der Waals surface area contributed by atoms with Crippen LogP contribution in [-0.4, -0.2) is 6.61 Å². The number of hydrogen-bond donors (Lipinski definition) is 1. The van der Waals surface area contributed by atoms with E-state index in [0.29, 0.717) is 0 Å². The molecule has 4 heteroatoms. The zero-order valence-corrected chi connectivity index (χ0v) is 11.4. The lowest BCUT2D eigenvalue weighted by Gasteiger charge is -2.17. The molecule has 3 rings (SSSR count). The summed E-state index contributed by atoms with van der Waals surface area (Å²) in [5, 5.41) is 1.06. The molecule has 1 aliphatic rings. The lowest BCUT2D eigenvalue weighted by atomic mass is 10.0. The molecule has 1 atom stereocenters. The van der Waals surface area contributed by atoms with E-state index in [-0.39, 0.29) is 6.04 Å². The molecule has 1 aliphatic heterocycles. The van der Waals surface area contributed by atoms with Gasteiger partial charge in [0.25, 0.3) is 0 Å². The van der Waals surface area contributed by atoms with Gasteiger partial charge in [0.2, 0.25) is 0 Å². The van der Waals surface area contributed by atoms with E-state index in [2.05, 4.69) is 15.9 Å². The second kappa shape index (κ2) is 4.78. The first-order valence-electron chi connectivity index (χ1n) is 6.00. The Morgan fingerprint density at radius 2 is 2.22 bits per heavy atom. The summed E-state index contributed by atoms with van der Waals surface area (Å²) in [4.78, 5) is 0. The quantitative estimate of drug-likeness (QED) is 0.915. The van der Waals surface area contributed by atoms with Gasteiger partial charge in [0.15, 0.2) is 0 Å². The van der Waals surface area contributed by atoms with Gasteiger partial charge < -0.3 is 14.9 Å². The molecule has 0 radical (unpaired) electrons. The van der Waals surface area contributed by atoms with Crippen LogP contribution >= 0.6 is 15.9 Å². The molecule has 0 amide bonds. The molecule has 0 fully saturated rings. The van der Waals surface area contributed by atoms with Crippen LogP contribution in [0.15, 0.2) is 45.0 Å². The summed E-state index contributed by atoms with van der Waals surface area (Å²) in [6, 6.07) is 7.75. The Kier molecular flexibility index (Phi) is 3.14. The second-order valence-corrected chi connectivity index (χ2v) is 5.31. The van der Waals surface area contributed by atoms with Crippen LogP contribution in [0.5, 0.6) is 0 Å². The number of fused-ring (bicyclic) bond motifs is 1. The van der Waals surface area contributed by atoms with Gasteiger partial charge in [-0.05, 0) is 46.5 Å². The highest BCUT2D eigenvalue weighted by atomic mass is 79.9. The van der Waals surface area contributed by atoms with Crippen molar-refractivity contribution >= 4 is 26.9 Å². The topological polar surface area (TPSA) is 48.4 Å². The van der Waals surface area contributed by atoms with Crippen LogP contribution in [0.25, 0.3) is 11.0 Å². The number of furan rings is 1. The first kappa shape index (κ1) is 11.8. The zero-order chi connectivity index (χ0) is 12.5. The van der Waals surface area contributed by atoms with Gasteiger partial charge in [0.1, 0.15) is 11.3 Å². The van der Waals surface area contributed by atoms with Gasteiger partial charge >= 0.3 is 0 Å². The van der Waals surface area contributed by atoms with Crippen LogP contribution in [0.1, 0.15) is 24.6 Å². The van der Waals surface area contributed by atoms with Gasteiger partial charge in [0, 0.05) is 5.39 Å². The SMILES string of the molecule is NC(C1=COCCC1)c1cc2cccc(Br)c2o1. The maximum Gasteiger partial charge on any atom is 0.148 e. The Bertz CT molecular complexity index is 603. The third-order valence-corrected chi connectivity index (χ3v) is 3.81. The van der Waals surface area contributed by atoms with E-state index in [1.54, 1.807) is 6.26 Å². The van der Waals surface area contributed by atoms with E-state index >= 15 is 0 Å². The van der Waals surface area contributed by atoms with E-state index in [4.69, 9.17) is 14.9 Å². The summed E-state index contributed by atoms with van der Waals surface area (Å²) >= 11 is 3.48. The molecule has 0 saturated heterocycles. The molecular weight excluding hydrogens is 294 g/mol. The summed E-state index contributed by atoms with van der Waals surface area (Å²) in [5.41, 5.74) is 8.17. The molecule has 0 bridgehead atoms. The number of halogens is 1. The molecule has 94 valence electrons. The van der Waals surface area contributed by atoms with E-state index in [1.165, 1.54) is 0 Å². The minimum atomic E-state index is -0.218. The van der Waals surface area contributed by atoms with Crippen molar-refractivity contribution in [3.63, 3.8) is 0 Å². The van der Waals surface area contributed by atoms with Crippen LogP contribution in [-0.2, 0) is 4.74 Å². The van der Waals surface area contributed by atoms with Gasteiger partial charge in [-0.2, -0.15) is 0 Å². The number of ether oxygens (including phenoxy) is 1. The highest BCUT2D eigenvalue weighted by molar-refractivity contribution is 9.10. The van der Waals surface area contributed by atoms with Crippen molar-refractivity contribution in [2.24, 2.45) is 5.73 Å². The molecule has 1 aromatic heterocycles. The fraction of sp³-hybridized carbons (Fsp3) is 0.286. The number of rotatable bonds is 2. The summed E-state index contributed by atoms with van der Waals surface area (Å²) in [6.07, 6.45) is 3.76. The first-order valence-corrected chi connectivity index (χ1v) is 6.79. The Morgan fingerprint density at radius 1 is 1.33 bits per heavy atom. The van der Waals surface area contributed by atoms with Crippen molar-refractivity contribution in [2.45, 2.75) is 18.9 Å². The Hall–Kier alpha value is -1.26. The number of benzene rings is 1. The van der Waals surface area contributed by atoms with Gasteiger partial charge in [-0.3, -0.25) is 0 Å². The van der Waals surface area contributed by atoms with Crippen molar-refractivity contribution in [1.82, 2.24) is 0 Å². The van der Waals surface area contributed by atoms with Gasteiger partial charge in [-0.1, -0.05) is 12.1 Å². The lowest BCUT2D eigenvalue weighted by molar-refractivity contribution is 0.220. The van der Waals surface area contributed by atoms with Crippen LogP contribution in [0.3, 0.4) is 0 Å². The third kappa shape index (κ3) is 2.06. The van der Waals surface area contributed by atoms with Crippen LogP contribution < -0.4 is 5.73 Å². The van der Waals surface area contributed by atoms with E-state index in [9.17, 15) is 0 Å². The van der Waals surface area contributed by atoms with E-state index in [1.807, 2.05) is 24.3 Å². The molecule has 2 aromatic rings. The Labute approximate surface area is 114 Å². The van der Waals surface area contributed by atoms with Crippen molar-refractivity contribution < 1.29 is 9.15 Å². The van der Waals surface area contributed by atoms with Gasteiger partial charge in [0.05, 0.1) is 23.4 Å². The predicted molar refractivity (Wildman–Crippen MR) is 74.1 cm³/mol. The summed E-state index contributed by atoms with van der Waals surface area (Å²) in [5.74, 6) is 0.786. The molecule has 2 N–H and O–H groups in total. The average molecular weight is 308 g/mol. The lowest BCUT2D eigenvalue weighted by Crippen LogP contribution is -2.15. The third-order valence-electron chi connectivity index (χ3n) is 3.18. The minimum absolute atomic E-state index is 0.218. The van der Waals surface area contributed by atoms with Gasteiger partial charge in [-0.25, -0.2) is 0 Å². The molecule has 3 nitrogen and oxygen atoms in total. The molecular formula is C14H14BrNO2. The predicted octanol–water partition coefficient (Wildman–Crippen LogP) is 3.89. The number of hydrogen-bond acceptors (Lipinski definition) is 3. The van der Waals surface area contributed by atoms with E-state index < -0.39 is 0 Å². The largest absolute Gasteiger partial charge is 0.501 e. The maximum absolute atomic E-state index is 6.23. The normalized spacial score (nSPS) is 17.3. The standard InChI is InChI=1S/C14H14BrNO2/c15-11-5-1-3-9-7-12(18-14(9)11)13(16)10-4-2-6-17-8-10/h1,3,5,7-8,13H,2,4,6,16H2. The Morgan fingerprint density at radius 3 is 2.94 bits per heavy atom. The zero-order valence-electron chi connectivity index (χ0n) is 9.86. The fourth-order valence-corrected chi connectivity index (χ4v) is 2.66. The minimum Gasteiger partial charge on any atom is -0.501 e. The smallest absolute Gasteiger partial charge is 0.148 e. The van der Waals surface area contributed by atoms with Crippen molar-refractivity contribution in [3.8, 4) is 0 Å². The van der Waals surface area contributed by atoms with Crippen LogP contribution in [0.4, 0.5) is 0 Å². The molecule has 0 spiro atoms. The van der Waals surface area contributed by atoms with Crippen molar-refractivity contribution in [1.29, 1.82) is 0 Å². The molecule has 18 heavy (non-hydrogen) atoms. The van der Waals surface area contributed by atoms with Crippen molar-refractivity contribution in [2.75, 3.05) is 6.61 Å². The summed E-state index contributed by atoms with van der Waals surface area (Å²) in [7, 11) is 0. The van der Waals surface area contributed by atoms with Crippen LogP contribution in [0, 0.1) is 0 Å². The van der Waals surface area contributed by atoms with Gasteiger partial charge in [-0.15, -0.1) is 0 Å².